The van der Waals surface area contributed by atoms with E-state index in [0.717, 1.165) is 29.7 Å². The van der Waals surface area contributed by atoms with Crippen molar-refractivity contribution in [3.8, 4) is 0 Å². The molecule has 2 aromatic rings. The summed E-state index contributed by atoms with van der Waals surface area (Å²) >= 11 is 0. The minimum absolute atomic E-state index is 0.197. The average Bonchev–Trinajstić information content (AvgIpc) is 2.75. The highest BCUT2D eigenvalue weighted by atomic mass is 16.2. The lowest BCUT2D eigenvalue weighted by atomic mass is 10.2. The molecule has 0 aliphatic carbocycles. The molecular weight excluding hydrogens is 202 g/mol. The van der Waals surface area contributed by atoms with Gasteiger partial charge in [-0.15, -0.1) is 0 Å². The number of amides is 1. The van der Waals surface area contributed by atoms with Gasteiger partial charge in [0.15, 0.2) is 0 Å². The van der Waals surface area contributed by atoms with E-state index >= 15 is 0 Å². The van der Waals surface area contributed by atoms with Crippen LogP contribution in [-0.4, -0.2) is 22.4 Å². The molecule has 0 radical (unpaired) electrons. The van der Waals surface area contributed by atoms with Crippen molar-refractivity contribution in [2.24, 2.45) is 0 Å². The normalized spacial score (nSPS) is 16.0. The van der Waals surface area contributed by atoms with Crippen molar-refractivity contribution < 1.29 is 4.79 Å². The van der Waals surface area contributed by atoms with E-state index in [1.165, 1.54) is 0 Å². The number of hydrogen-bond acceptors (Lipinski definition) is 3. The third-order valence-corrected chi connectivity index (χ3v) is 2.84. The van der Waals surface area contributed by atoms with Gasteiger partial charge in [-0.05, 0) is 24.6 Å². The summed E-state index contributed by atoms with van der Waals surface area (Å²) < 4.78 is 0. The van der Waals surface area contributed by atoms with E-state index < -0.39 is 0 Å². The van der Waals surface area contributed by atoms with Crippen LogP contribution in [0.2, 0.25) is 0 Å². The Balaban J connectivity index is 2.08. The molecule has 4 nitrogen and oxygen atoms in total. The largest absolute Gasteiger partial charge is 0.312 e. The van der Waals surface area contributed by atoms with Crippen molar-refractivity contribution in [1.29, 1.82) is 0 Å². The Morgan fingerprint density at radius 1 is 1.12 bits per heavy atom. The first-order valence-corrected chi connectivity index (χ1v) is 5.36. The van der Waals surface area contributed by atoms with Gasteiger partial charge < -0.3 is 4.90 Å². The summed E-state index contributed by atoms with van der Waals surface area (Å²) in [6.07, 6.45) is 4.93. The van der Waals surface area contributed by atoms with Gasteiger partial charge in [0.2, 0.25) is 5.91 Å². The lowest BCUT2D eigenvalue weighted by molar-refractivity contribution is -0.117. The van der Waals surface area contributed by atoms with Crippen molar-refractivity contribution in [3.63, 3.8) is 0 Å². The van der Waals surface area contributed by atoms with E-state index in [0.29, 0.717) is 6.42 Å². The smallest absolute Gasteiger partial charge is 0.227 e. The molecule has 1 saturated heterocycles. The number of aromatic nitrogens is 2. The van der Waals surface area contributed by atoms with Crippen molar-refractivity contribution in [2.45, 2.75) is 12.8 Å². The van der Waals surface area contributed by atoms with Crippen LogP contribution in [0.15, 0.2) is 30.6 Å². The zero-order valence-electron chi connectivity index (χ0n) is 8.76. The second-order valence-electron chi connectivity index (χ2n) is 3.88. The fraction of sp³-hybridized carbons (Fsp3) is 0.250. The Hall–Kier alpha value is -1.97. The first kappa shape index (κ1) is 9.27. The van der Waals surface area contributed by atoms with Crippen LogP contribution in [0, 0.1) is 0 Å². The summed E-state index contributed by atoms with van der Waals surface area (Å²) in [5.41, 5.74) is 2.62. The molecule has 0 atom stereocenters. The molecule has 3 rings (SSSR count). The third-order valence-electron chi connectivity index (χ3n) is 2.84. The van der Waals surface area contributed by atoms with E-state index in [-0.39, 0.29) is 5.91 Å². The molecule has 1 aliphatic heterocycles. The van der Waals surface area contributed by atoms with Gasteiger partial charge in [0, 0.05) is 31.0 Å². The maximum atomic E-state index is 11.6. The monoisotopic (exact) mass is 213 g/mol. The number of carbonyl (C=O) groups excluding carboxylic acids is 1. The minimum Gasteiger partial charge on any atom is -0.312 e. The summed E-state index contributed by atoms with van der Waals surface area (Å²) in [6.45, 7) is 0.810. The molecular formula is C12H11N3O. The van der Waals surface area contributed by atoms with Crippen molar-refractivity contribution in [1.82, 2.24) is 9.97 Å². The highest BCUT2D eigenvalue weighted by Crippen LogP contribution is 2.23. The Kier molecular flexibility index (Phi) is 2.06. The molecule has 0 saturated carbocycles. The van der Waals surface area contributed by atoms with Gasteiger partial charge in [0.1, 0.15) is 0 Å². The Morgan fingerprint density at radius 3 is 2.69 bits per heavy atom. The Labute approximate surface area is 92.9 Å². The highest BCUT2D eigenvalue weighted by molar-refractivity contribution is 5.96. The summed E-state index contributed by atoms with van der Waals surface area (Å²) in [4.78, 5) is 21.9. The van der Waals surface area contributed by atoms with Crippen LogP contribution in [0.3, 0.4) is 0 Å². The average molecular weight is 213 g/mol. The molecule has 1 aliphatic rings. The molecule has 1 aromatic carbocycles. The summed E-state index contributed by atoms with van der Waals surface area (Å²) in [6, 6.07) is 5.76. The topological polar surface area (TPSA) is 46.1 Å². The van der Waals surface area contributed by atoms with E-state index in [2.05, 4.69) is 9.97 Å². The summed E-state index contributed by atoms with van der Waals surface area (Å²) in [5, 5.41) is 0. The van der Waals surface area contributed by atoms with Gasteiger partial charge in [-0.25, -0.2) is 0 Å². The van der Waals surface area contributed by atoms with Crippen molar-refractivity contribution in [3.05, 3.63) is 30.6 Å². The second-order valence-corrected chi connectivity index (χ2v) is 3.88. The zero-order chi connectivity index (χ0) is 11.0. The van der Waals surface area contributed by atoms with Crippen molar-refractivity contribution >= 4 is 22.6 Å². The number of rotatable bonds is 1. The molecule has 16 heavy (non-hydrogen) atoms. The van der Waals surface area contributed by atoms with Crippen LogP contribution in [-0.2, 0) is 4.79 Å². The first-order chi connectivity index (χ1) is 7.84. The van der Waals surface area contributed by atoms with E-state index in [9.17, 15) is 4.79 Å². The molecule has 0 unspecified atom stereocenters. The predicted molar refractivity (Wildman–Crippen MR) is 61.1 cm³/mol. The fourth-order valence-electron chi connectivity index (χ4n) is 2.04. The number of carbonyl (C=O) groups is 1. The van der Waals surface area contributed by atoms with E-state index in [1.54, 1.807) is 12.4 Å². The summed E-state index contributed by atoms with van der Waals surface area (Å²) in [7, 11) is 0. The molecule has 1 amide bonds. The maximum Gasteiger partial charge on any atom is 0.227 e. The zero-order valence-corrected chi connectivity index (χ0v) is 8.76. The lowest BCUT2D eigenvalue weighted by Crippen LogP contribution is -2.23. The first-order valence-electron chi connectivity index (χ1n) is 5.36. The van der Waals surface area contributed by atoms with E-state index in [1.807, 2.05) is 23.1 Å². The molecule has 80 valence electrons. The standard InChI is InChI=1S/C12H11N3O/c16-12-2-1-7-15(12)9-3-4-10-11(8-9)14-6-5-13-10/h3-6,8H,1-2,7H2. The van der Waals surface area contributed by atoms with Gasteiger partial charge >= 0.3 is 0 Å². The van der Waals surface area contributed by atoms with Gasteiger partial charge in [-0.3, -0.25) is 14.8 Å². The molecule has 1 fully saturated rings. The SMILES string of the molecule is O=C1CCCN1c1ccc2nccnc2c1. The summed E-state index contributed by atoms with van der Waals surface area (Å²) in [5.74, 6) is 0.197. The molecule has 4 heteroatoms. The highest BCUT2D eigenvalue weighted by Gasteiger charge is 2.21. The minimum atomic E-state index is 0.197. The molecule has 2 heterocycles. The molecule has 0 spiro atoms. The van der Waals surface area contributed by atoms with Crippen LogP contribution in [0.5, 0.6) is 0 Å². The van der Waals surface area contributed by atoms with Gasteiger partial charge in [0.25, 0.3) is 0 Å². The number of benzene rings is 1. The van der Waals surface area contributed by atoms with Crippen LogP contribution in [0.4, 0.5) is 5.69 Å². The maximum absolute atomic E-state index is 11.6. The lowest BCUT2D eigenvalue weighted by Gasteiger charge is -2.15. The van der Waals surface area contributed by atoms with Crippen LogP contribution >= 0.6 is 0 Å². The number of nitrogens with zero attached hydrogens (tertiary/aromatic N) is 3. The molecule has 1 aromatic heterocycles. The molecule has 0 N–H and O–H groups in total. The van der Waals surface area contributed by atoms with Gasteiger partial charge in [-0.1, -0.05) is 0 Å². The number of hydrogen-bond donors (Lipinski definition) is 0. The van der Waals surface area contributed by atoms with Crippen LogP contribution < -0.4 is 4.90 Å². The molecule has 0 bridgehead atoms. The van der Waals surface area contributed by atoms with Crippen LogP contribution in [0.1, 0.15) is 12.8 Å². The van der Waals surface area contributed by atoms with Gasteiger partial charge in [0.05, 0.1) is 11.0 Å². The second kappa shape index (κ2) is 3.56. The number of anilines is 1. The Bertz CT molecular complexity index is 553. The van der Waals surface area contributed by atoms with Gasteiger partial charge in [-0.2, -0.15) is 0 Å². The van der Waals surface area contributed by atoms with E-state index in [4.69, 9.17) is 0 Å². The number of fused-ring (bicyclic) bond motifs is 1. The van der Waals surface area contributed by atoms with Crippen molar-refractivity contribution in [2.75, 3.05) is 11.4 Å². The Morgan fingerprint density at radius 2 is 1.94 bits per heavy atom. The fourth-order valence-corrected chi connectivity index (χ4v) is 2.04. The van der Waals surface area contributed by atoms with Crippen LogP contribution in [0.25, 0.3) is 11.0 Å². The third kappa shape index (κ3) is 1.43. The quantitative estimate of drug-likeness (QED) is 0.725. The predicted octanol–water partition coefficient (Wildman–Crippen LogP) is 1.76.